The van der Waals surface area contributed by atoms with Gasteiger partial charge in [-0.3, -0.25) is 4.39 Å². The minimum absolute atomic E-state index is 0.0703. The second-order valence-corrected chi connectivity index (χ2v) is 4.71. The van der Waals surface area contributed by atoms with Gasteiger partial charge >= 0.3 is 0 Å². The minimum atomic E-state index is -0.214. The van der Waals surface area contributed by atoms with E-state index in [1.807, 2.05) is 18.2 Å². The van der Waals surface area contributed by atoms with Gasteiger partial charge in [0, 0.05) is 0 Å². The molecule has 1 N–H and O–H groups in total. The predicted octanol–water partition coefficient (Wildman–Crippen LogP) is 3.42. The molecule has 0 radical (unpaired) electrons. The number of rotatable bonds is 3. The highest BCUT2D eigenvalue weighted by Crippen LogP contribution is 2.38. The lowest BCUT2D eigenvalue weighted by molar-refractivity contribution is 0.244. The van der Waals surface area contributed by atoms with Crippen molar-refractivity contribution in [2.45, 2.75) is 38.2 Å². The highest BCUT2D eigenvalue weighted by atomic mass is 19.1. The van der Waals surface area contributed by atoms with E-state index in [9.17, 15) is 4.39 Å². The molecule has 2 atom stereocenters. The van der Waals surface area contributed by atoms with E-state index in [0.717, 1.165) is 24.8 Å². The Balaban J connectivity index is 2.20. The summed E-state index contributed by atoms with van der Waals surface area (Å²) in [5, 5.41) is 9.11. The zero-order valence-electron chi connectivity index (χ0n) is 9.53. The van der Waals surface area contributed by atoms with Crippen molar-refractivity contribution in [3.05, 3.63) is 35.4 Å². The first-order valence-electron chi connectivity index (χ1n) is 6.11. The maximum Gasteiger partial charge on any atom is 0.0928 e. The summed E-state index contributed by atoms with van der Waals surface area (Å²) in [6.45, 7) is -0.144. The fourth-order valence-corrected chi connectivity index (χ4v) is 2.75. The van der Waals surface area contributed by atoms with Gasteiger partial charge in [0.2, 0.25) is 0 Å². The van der Waals surface area contributed by atoms with Crippen molar-refractivity contribution in [3.63, 3.8) is 0 Å². The number of alkyl halides is 1. The first kappa shape index (κ1) is 11.6. The Morgan fingerprint density at radius 3 is 2.81 bits per heavy atom. The monoisotopic (exact) mass is 222 g/mol. The molecule has 0 aliphatic heterocycles. The van der Waals surface area contributed by atoms with Crippen LogP contribution in [-0.4, -0.2) is 11.8 Å². The molecule has 16 heavy (non-hydrogen) atoms. The molecule has 1 aromatic carbocycles. The Morgan fingerprint density at radius 2 is 2.06 bits per heavy atom. The number of hydrogen-bond acceptors (Lipinski definition) is 1. The fourth-order valence-electron chi connectivity index (χ4n) is 2.75. The van der Waals surface area contributed by atoms with Crippen molar-refractivity contribution in [3.8, 4) is 0 Å². The van der Waals surface area contributed by atoms with Gasteiger partial charge < -0.3 is 5.11 Å². The maximum atomic E-state index is 12.9. The van der Waals surface area contributed by atoms with Crippen molar-refractivity contribution < 1.29 is 9.50 Å². The molecule has 1 aromatic rings. The highest BCUT2D eigenvalue weighted by molar-refractivity contribution is 5.27. The van der Waals surface area contributed by atoms with E-state index in [4.69, 9.17) is 5.11 Å². The number of aliphatic hydroxyl groups excluding tert-OH is 1. The van der Waals surface area contributed by atoms with Crippen LogP contribution in [0, 0.1) is 5.92 Å². The molecule has 1 aliphatic rings. The SMILES string of the molecule is OCc1cccc(C2CCCCC2CF)c1. The zero-order valence-corrected chi connectivity index (χ0v) is 9.53. The third kappa shape index (κ3) is 2.43. The number of halogens is 1. The molecule has 1 aliphatic carbocycles. The lowest BCUT2D eigenvalue weighted by Gasteiger charge is -2.30. The van der Waals surface area contributed by atoms with E-state index in [2.05, 4.69) is 6.07 Å². The van der Waals surface area contributed by atoms with Crippen LogP contribution < -0.4 is 0 Å². The molecular formula is C14H19FO. The minimum Gasteiger partial charge on any atom is -0.392 e. The van der Waals surface area contributed by atoms with E-state index in [1.54, 1.807) is 0 Å². The first-order valence-corrected chi connectivity index (χ1v) is 6.11. The average Bonchev–Trinajstić information content (AvgIpc) is 2.38. The Morgan fingerprint density at radius 1 is 1.25 bits per heavy atom. The van der Waals surface area contributed by atoms with Gasteiger partial charge in [0.1, 0.15) is 0 Å². The predicted molar refractivity (Wildman–Crippen MR) is 63.0 cm³/mol. The van der Waals surface area contributed by atoms with Crippen molar-refractivity contribution in [2.75, 3.05) is 6.67 Å². The Hall–Kier alpha value is -0.890. The summed E-state index contributed by atoms with van der Waals surface area (Å²) in [6.07, 6.45) is 4.45. The van der Waals surface area contributed by atoms with Crippen molar-refractivity contribution in [1.29, 1.82) is 0 Å². The second kappa shape index (κ2) is 5.44. The average molecular weight is 222 g/mol. The third-order valence-electron chi connectivity index (χ3n) is 3.67. The summed E-state index contributed by atoms with van der Waals surface area (Å²) < 4.78 is 12.9. The summed E-state index contributed by atoms with van der Waals surface area (Å²) in [4.78, 5) is 0. The first-order chi connectivity index (χ1) is 7.85. The molecule has 0 aromatic heterocycles. The third-order valence-corrected chi connectivity index (χ3v) is 3.67. The molecule has 0 amide bonds. The molecule has 88 valence electrons. The van der Waals surface area contributed by atoms with E-state index >= 15 is 0 Å². The van der Waals surface area contributed by atoms with Gasteiger partial charge in [0.25, 0.3) is 0 Å². The van der Waals surface area contributed by atoms with Crippen LogP contribution >= 0.6 is 0 Å². The second-order valence-electron chi connectivity index (χ2n) is 4.71. The molecule has 2 heteroatoms. The van der Waals surface area contributed by atoms with Gasteiger partial charge in [-0.05, 0) is 35.8 Å². The standard InChI is InChI=1S/C14H19FO/c15-9-13-5-1-2-7-14(13)12-6-3-4-11(8-12)10-16/h3-4,6,8,13-14,16H,1-2,5,7,9-10H2. The van der Waals surface area contributed by atoms with Crippen LogP contribution in [0.5, 0.6) is 0 Å². The van der Waals surface area contributed by atoms with Gasteiger partial charge in [-0.25, -0.2) is 0 Å². The molecule has 0 heterocycles. The van der Waals surface area contributed by atoms with E-state index in [1.165, 1.54) is 12.0 Å². The van der Waals surface area contributed by atoms with Crippen LogP contribution in [0.25, 0.3) is 0 Å². The highest BCUT2D eigenvalue weighted by Gasteiger charge is 2.26. The van der Waals surface area contributed by atoms with Crippen LogP contribution in [0.1, 0.15) is 42.7 Å². The molecule has 2 rings (SSSR count). The summed E-state index contributed by atoms with van der Waals surface area (Å²) in [7, 11) is 0. The zero-order chi connectivity index (χ0) is 11.4. The van der Waals surface area contributed by atoms with Crippen molar-refractivity contribution in [1.82, 2.24) is 0 Å². The Kier molecular flexibility index (Phi) is 3.94. The largest absolute Gasteiger partial charge is 0.392 e. The van der Waals surface area contributed by atoms with Gasteiger partial charge in [0.15, 0.2) is 0 Å². The van der Waals surface area contributed by atoms with Crippen molar-refractivity contribution >= 4 is 0 Å². The number of benzene rings is 1. The van der Waals surface area contributed by atoms with Crippen LogP contribution in [-0.2, 0) is 6.61 Å². The van der Waals surface area contributed by atoms with E-state index < -0.39 is 0 Å². The molecular weight excluding hydrogens is 203 g/mol. The summed E-state index contributed by atoms with van der Waals surface area (Å²) >= 11 is 0. The summed E-state index contributed by atoms with van der Waals surface area (Å²) in [5.41, 5.74) is 2.13. The van der Waals surface area contributed by atoms with Gasteiger partial charge in [-0.15, -0.1) is 0 Å². The molecule has 1 fully saturated rings. The smallest absolute Gasteiger partial charge is 0.0928 e. The maximum absolute atomic E-state index is 12.9. The number of hydrogen-bond donors (Lipinski definition) is 1. The number of aliphatic hydroxyl groups is 1. The van der Waals surface area contributed by atoms with Gasteiger partial charge in [0.05, 0.1) is 13.3 Å². The normalized spacial score (nSPS) is 25.6. The summed E-state index contributed by atoms with van der Waals surface area (Å²) in [5.74, 6) is 0.535. The molecule has 1 saturated carbocycles. The lowest BCUT2D eigenvalue weighted by atomic mass is 9.76. The lowest BCUT2D eigenvalue weighted by Crippen LogP contribution is -2.19. The molecule has 2 unspecified atom stereocenters. The molecule has 1 nitrogen and oxygen atoms in total. The van der Waals surface area contributed by atoms with Crippen molar-refractivity contribution in [2.24, 2.45) is 5.92 Å². The molecule has 0 spiro atoms. The van der Waals surface area contributed by atoms with Crippen LogP contribution in [0.3, 0.4) is 0 Å². The summed E-state index contributed by atoms with van der Waals surface area (Å²) in [6, 6.07) is 7.97. The fraction of sp³-hybridized carbons (Fsp3) is 0.571. The Bertz CT molecular complexity index is 337. The van der Waals surface area contributed by atoms with Gasteiger partial charge in [-0.1, -0.05) is 37.1 Å². The Labute approximate surface area is 96.3 Å². The van der Waals surface area contributed by atoms with Gasteiger partial charge in [-0.2, -0.15) is 0 Å². The quantitative estimate of drug-likeness (QED) is 0.830. The molecule has 0 saturated heterocycles. The van der Waals surface area contributed by atoms with E-state index in [0.29, 0.717) is 5.92 Å². The van der Waals surface area contributed by atoms with Crippen LogP contribution in [0.15, 0.2) is 24.3 Å². The van der Waals surface area contributed by atoms with Crippen LogP contribution in [0.4, 0.5) is 4.39 Å². The topological polar surface area (TPSA) is 20.2 Å². The molecule has 0 bridgehead atoms. The van der Waals surface area contributed by atoms with Crippen LogP contribution in [0.2, 0.25) is 0 Å². The van der Waals surface area contributed by atoms with E-state index in [-0.39, 0.29) is 19.2 Å².